The molecule has 0 aliphatic carbocycles. The molecule has 0 unspecified atom stereocenters. The highest BCUT2D eigenvalue weighted by molar-refractivity contribution is 6.08. The number of aromatic nitrogens is 2. The lowest BCUT2D eigenvalue weighted by atomic mass is 10.0. The summed E-state index contributed by atoms with van der Waals surface area (Å²) in [5, 5.41) is 0. The number of ketones is 1. The Kier molecular flexibility index (Phi) is 3.65. The van der Waals surface area contributed by atoms with E-state index in [0.29, 0.717) is 5.56 Å². The Morgan fingerprint density at radius 1 is 1.20 bits per heavy atom. The van der Waals surface area contributed by atoms with Gasteiger partial charge >= 0.3 is 5.69 Å². The molecule has 1 heterocycles. The van der Waals surface area contributed by atoms with Crippen molar-refractivity contribution < 1.29 is 9.18 Å². The minimum absolute atomic E-state index is 0.0914. The highest BCUT2D eigenvalue weighted by Gasteiger charge is 2.17. The molecule has 104 valence electrons. The molecule has 1 aromatic heterocycles. The number of halogens is 1. The largest absolute Gasteiger partial charge is 0.326 e. The Morgan fingerprint density at radius 2 is 1.90 bits per heavy atom. The van der Waals surface area contributed by atoms with E-state index in [1.54, 1.807) is 13.8 Å². The first-order valence-electron chi connectivity index (χ1n) is 6.09. The first-order valence-corrected chi connectivity index (χ1v) is 6.09. The van der Waals surface area contributed by atoms with Gasteiger partial charge in [-0.25, -0.2) is 9.18 Å². The van der Waals surface area contributed by atoms with Crippen LogP contribution in [0.1, 0.15) is 34.1 Å². The molecule has 0 radical (unpaired) electrons. The van der Waals surface area contributed by atoms with Gasteiger partial charge in [0.05, 0.1) is 5.69 Å². The van der Waals surface area contributed by atoms with E-state index in [0.717, 1.165) is 6.07 Å². The lowest BCUT2D eigenvalue weighted by Crippen LogP contribution is -2.30. The summed E-state index contributed by atoms with van der Waals surface area (Å²) in [4.78, 5) is 39.7. The predicted octanol–water partition coefficient (Wildman–Crippen LogP) is 1.30. The molecular formula is C14H13FN2O3. The fourth-order valence-corrected chi connectivity index (χ4v) is 2.06. The Hall–Kier alpha value is -2.50. The molecule has 0 aliphatic rings. The Bertz CT molecular complexity index is 769. The maximum absolute atomic E-state index is 13.4. The molecule has 1 aromatic carbocycles. The topological polar surface area (TPSA) is 82.8 Å². The number of benzene rings is 1. The summed E-state index contributed by atoms with van der Waals surface area (Å²) in [6.07, 6.45) is 0.279. The second kappa shape index (κ2) is 5.24. The van der Waals surface area contributed by atoms with Gasteiger partial charge in [0.1, 0.15) is 5.82 Å². The third kappa shape index (κ3) is 2.59. The predicted molar refractivity (Wildman–Crippen MR) is 71.6 cm³/mol. The normalized spacial score (nSPS) is 10.6. The minimum Gasteiger partial charge on any atom is -0.304 e. The van der Waals surface area contributed by atoms with Gasteiger partial charge in [0.15, 0.2) is 0 Å². The van der Waals surface area contributed by atoms with Crippen LogP contribution in [0.4, 0.5) is 4.39 Å². The van der Waals surface area contributed by atoms with Gasteiger partial charge in [-0.1, -0.05) is 6.92 Å². The molecule has 0 atom stereocenters. The van der Waals surface area contributed by atoms with Gasteiger partial charge < -0.3 is 4.98 Å². The Morgan fingerprint density at radius 3 is 2.50 bits per heavy atom. The minimum atomic E-state index is -0.760. The van der Waals surface area contributed by atoms with Crippen molar-refractivity contribution in [2.24, 2.45) is 0 Å². The number of H-pyrrole nitrogens is 2. The zero-order valence-electron chi connectivity index (χ0n) is 11.0. The van der Waals surface area contributed by atoms with Crippen molar-refractivity contribution in [2.45, 2.75) is 20.3 Å². The molecule has 20 heavy (non-hydrogen) atoms. The summed E-state index contributed by atoms with van der Waals surface area (Å²) >= 11 is 0. The maximum atomic E-state index is 13.4. The number of carbonyl (C=O) groups is 1. The summed E-state index contributed by atoms with van der Waals surface area (Å²) < 4.78 is 13.4. The standard InChI is InChI=1S/C14H13FN2O3/c1-3-10-11(16-14(20)17-13(10)19)12(18)8-4-7(2)5-9(15)6-8/h4-6H,3H2,1-2H3,(H2,16,17,19,20). The third-order valence-electron chi connectivity index (χ3n) is 2.93. The summed E-state index contributed by atoms with van der Waals surface area (Å²) in [7, 11) is 0. The van der Waals surface area contributed by atoms with Crippen molar-refractivity contribution >= 4 is 5.78 Å². The van der Waals surface area contributed by atoms with Crippen LogP contribution in [0.3, 0.4) is 0 Å². The number of rotatable bonds is 3. The van der Waals surface area contributed by atoms with Crippen molar-refractivity contribution in [1.82, 2.24) is 9.97 Å². The number of hydrogen-bond acceptors (Lipinski definition) is 3. The van der Waals surface area contributed by atoms with Crippen molar-refractivity contribution in [1.29, 1.82) is 0 Å². The van der Waals surface area contributed by atoms with Gasteiger partial charge in [-0.15, -0.1) is 0 Å². The molecule has 6 heteroatoms. The van der Waals surface area contributed by atoms with E-state index >= 15 is 0 Å². The second-order valence-electron chi connectivity index (χ2n) is 4.46. The molecule has 0 amide bonds. The maximum Gasteiger partial charge on any atom is 0.326 e. The van der Waals surface area contributed by atoms with Crippen LogP contribution >= 0.6 is 0 Å². The highest BCUT2D eigenvalue weighted by atomic mass is 19.1. The van der Waals surface area contributed by atoms with E-state index in [9.17, 15) is 18.8 Å². The zero-order chi connectivity index (χ0) is 14.9. The summed E-state index contributed by atoms with van der Waals surface area (Å²) in [6, 6.07) is 3.87. The van der Waals surface area contributed by atoms with Gasteiger partial charge in [0, 0.05) is 11.1 Å². The molecule has 0 fully saturated rings. The molecule has 0 saturated heterocycles. The molecule has 0 saturated carbocycles. The van der Waals surface area contributed by atoms with E-state index in [1.165, 1.54) is 12.1 Å². The van der Waals surface area contributed by atoms with E-state index in [2.05, 4.69) is 9.97 Å². The second-order valence-corrected chi connectivity index (χ2v) is 4.46. The van der Waals surface area contributed by atoms with Crippen LogP contribution in [-0.2, 0) is 6.42 Å². The first-order chi connectivity index (χ1) is 9.42. The van der Waals surface area contributed by atoms with Crippen LogP contribution in [0, 0.1) is 12.7 Å². The van der Waals surface area contributed by atoms with Gasteiger partial charge in [-0.2, -0.15) is 0 Å². The average Bonchev–Trinajstić information content (AvgIpc) is 2.35. The van der Waals surface area contributed by atoms with Crippen LogP contribution < -0.4 is 11.2 Å². The summed E-state index contributed by atoms with van der Waals surface area (Å²) in [5.41, 5.74) is -0.601. The van der Waals surface area contributed by atoms with Crippen molar-refractivity contribution in [3.05, 3.63) is 67.2 Å². The number of aromatic amines is 2. The van der Waals surface area contributed by atoms with E-state index in [4.69, 9.17) is 0 Å². The summed E-state index contributed by atoms with van der Waals surface area (Å²) in [5.74, 6) is -1.12. The smallest absolute Gasteiger partial charge is 0.304 e. The molecule has 0 bridgehead atoms. The van der Waals surface area contributed by atoms with Gasteiger partial charge in [0.2, 0.25) is 5.78 Å². The van der Waals surface area contributed by atoms with Crippen molar-refractivity contribution in [3.63, 3.8) is 0 Å². The van der Waals surface area contributed by atoms with Gasteiger partial charge in [-0.3, -0.25) is 14.6 Å². The van der Waals surface area contributed by atoms with Crippen molar-refractivity contribution in [3.8, 4) is 0 Å². The number of nitrogens with one attached hydrogen (secondary N) is 2. The Labute approximate surface area is 113 Å². The van der Waals surface area contributed by atoms with Crippen LogP contribution in [0.25, 0.3) is 0 Å². The SMILES string of the molecule is CCc1c(C(=O)c2cc(C)cc(F)c2)[nH]c(=O)[nH]c1=O. The third-order valence-corrected chi connectivity index (χ3v) is 2.93. The Balaban J connectivity index is 2.64. The number of aryl methyl sites for hydroxylation is 1. The van der Waals surface area contributed by atoms with E-state index < -0.39 is 22.8 Å². The zero-order valence-corrected chi connectivity index (χ0v) is 11.0. The first kappa shape index (κ1) is 13.9. The van der Waals surface area contributed by atoms with Crippen LogP contribution in [-0.4, -0.2) is 15.8 Å². The van der Waals surface area contributed by atoms with Gasteiger partial charge in [0.25, 0.3) is 5.56 Å². The van der Waals surface area contributed by atoms with Crippen LogP contribution in [0.2, 0.25) is 0 Å². The molecule has 0 aliphatic heterocycles. The fourth-order valence-electron chi connectivity index (χ4n) is 2.06. The molecule has 2 rings (SSSR count). The number of hydrogen-bond donors (Lipinski definition) is 2. The fraction of sp³-hybridized carbons (Fsp3) is 0.214. The highest BCUT2D eigenvalue weighted by Crippen LogP contribution is 2.13. The number of carbonyl (C=O) groups excluding carboxylic acids is 1. The molecule has 0 spiro atoms. The average molecular weight is 276 g/mol. The lowest BCUT2D eigenvalue weighted by Gasteiger charge is -2.06. The van der Waals surface area contributed by atoms with Gasteiger partial charge in [-0.05, 0) is 37.1 Å². The molecule has 2 N–H and O–H groups in total. The molecule has 2 aromatic rings. The van der Waals surface area contributed by atoms with Crippen LogP contribution in [0.15, 0.2) is 27.8 Å². The molecule has 5 nitrogen and oxygen atoms in total. The lowest BCUT2D eigenvalue weighted by molar-refractivity contribution is 0.103. The molecular weight excluding hydrogens is 263 g/mol. The van der Waals surface area contributed by atoms with Crippen molar-refractivity contribution in [2.75, 3.05) is 0 Å². The summed E-state index contributed by atoms with van der Waals surface area (Å²) in [6.45, 7) is 3.34. The van der Waals surface area contributed by atoms with Crippen LogP contribution in [0.5, 0.6) is 0 Å². The van der Waals surface area contributed by atoms with E-state index in [1.807, 2.05) is 0 Å². The quantitative estimate of drug-likeness (QED) is 0.829. The van der Waals surface area contributed by atoms with E-state index in [-0.39, 0.29) is 23.2 Å². The monoisotopic (exact) mass is 276 g/mol.